The van der Waals surface area contributed by atoms with Gasteiger partial charge in [0.05, 0.1) is 11.7 Å². The number of hydrogen-bond donors (Lipinski definition) is 3. The van der Waals surface area contributed by atoms with Crippen molar-refractivity contribution in [2.24, 2.45) is 0 Å². The number of nitrogens with zero attached hydrogens (tertiary/aromatic N) is 3. The van der Waals surface area contributed by atoms with Gasteiger partial charge < -0.3 is 15.7 Å². The van der Waals surface area contributed by atoms with E-state index in [0.717, 1.165) is 81.7 Å². The van der Waals surface area contributed by atoms with Crippen LogP contribution in [0.1, 0.15) is 66.7 Å². The lowest BCUT2D eigenvalue weighted by Crippen LogP contribution is -2.33. The molecule has 1 aliphatic carbocycles. The van der Waals surface area contributed by atoms with Crippen LogP contribution in [0, 0.1) is 6.92 Å². The smallest absolute Gasteiger partial charge is 0.393 e. The zero-order valence-electron chi connectivity index (χ0n) is 22.2. The van der Waals surface area contributed by atoms with Crippen molar-refractivity contribution in [3.8, 4) is 0 Å². The monoisotopic (exact) mass is 539 g/mol. The largest absolute Gasteiger partial charge is 0.416 e. The summed E-state index contributed by atoms with van der Waals surface area (Å²) in [7, 11) is 0. The maximum atomic E-state index is 13.2. The van der Waals surface area contributed by atoms with Gasteiger partial charge in [-0.15, -0.1) is 0 Å². The van der Waals surface area contributed by atoms with Gasteiger partial charge in [0.2, 0.25) is 5.95 Å². The number of aromatic nitrogens is 2. The first-order valence-electron chi connectivity index (χ1n) is 13.8. The van der Waals surface area contributed by atoms with Crippen LogP contribution in [0.2, 0.25) is 0 Å². The number of benzene rings is 2. The van der Waals surface area contributed by atoms with E-state index >= 15 is 0 Å². The quantitative estimate of drug-likeness (QED) is 0.313. The molecule has 2 fully saturated rings. The van der Waals surface area contributed by atoms with E-state index in [4.69, 9.17) is 4.98 Å². The molecule has 6 nitrogen and oxygen atoms in total. The first-order chi connectivity index (χ1) is 18.7. The number of aryl methyl sites for hydroxylation is 1. The number of likely N-dealkylation sites (tertiary alicyclic amines) is 1. The lowest BCUT2D eigenvalue weighted by molar-refractivity contribution is -0.137. The highest BCUT2D eigenvalue weighted by molar-refractivity contribution is 5.58. The maximum Gasteiger partial charge on any atom is 0.416 e. The second-order valence-electron chi connectivity index (χ2n) is 10.9. The topological polar surface area (TPSA) is 73.3 Å². The van der Waals surface area contributed by atoms with Gasteiger partial charge in [0.15, 0.2) is 0 Å². The Labute approximate surface area is 227 Å². The van der Waals surface area contributed by atoms with Crippen molar-refractivity contribution < 1.29 is 18.3 Å². The van der Waals surface area contributed by atoms with Crippen LogP contribution >= 0.6 is 0 Å². The minimum absolute atomic E-state index is 0.185. The molecule has 1 saturated carbocycles. The van der Waals surface area contributed by atoms with Crippen LogP contribution in [0.15, 0.2) is 54.7 Å². The molecule has 3 N–H and O–H groups in total. The van der Waals surface area contributed by atoms with E-state index in [9.17, 15) is 18.3 Å². The van der Waals surface area contributed by atoms with Crippen LogP contribution in [0.25, 0.3) is 0 Å². The summed E-state index contributed by atoms with van der Waals surface area (Å²) in [5.74, 6) is 1.28. The molecule has 9 heteroatoms. The molecule has 5 rings (SSSR count). The summed E-state index contributed by atoms with van der Waals surface area (Å²) in [6, 6.07) is 13.9. The Hall–Kier alpha value is -3.17. The Morgan fingerprint density at radius 1 is 0.974 bits per heavy atom. The Balaban J connectivity index is 1.31. The Morgan fingerprint density at radius 2 is 1.69 bits per heavy atom. The van der Waals surface area contributed by atoms with Crippen molar-refractivity contribution in [3.63, 3.8) is 0 Å². The molecule has 0 radical (unpaired) electrons. The summed E-state index contributed by atoms with van der Waals surface area (Å²) in [5, 5.41) is 16.5. The molecule has 1 aromatic heterocycles. The number of hydrogen-bond acceptors (Lipinski definition) is 6. The van der Waals surface area contributed by atoms with Crippen LogP contribution in [0.5, 0.6) is 0 Å². The fourth-order valence-corrected chi connectivity index (χ4v) is 5.54. The third kappa shape index (κ3) is 7.28. The number of rotatable bonds is 7. The van der Waals surface area contributed by atoms with Crippen molar-refractivity contribution in [1.29, 1.82) is 0 Å². The van der Waals surface area contributed by atoms with E-state index in [2.05, 4.69) is 51.7 Å². The predicted octanol–water partition coefficient (Wildman–Crippen LogP) is 6.64. The van der Waals surface area contributed by atoms with Crippen molar-refractivity contribution in [3.05, 3.63) is 77.0 Å². The number of nitrogens with one attached hydrogen (secondary N) is 2. The van der Waals surface area contributed by atoms with Crippen LogP contribution in [-0.4, -0.2) is 45.2 Å². The SMILES string of the molecule is Cc1ccc(CN2CCC(c3cnc(Nc4cccc(C(F)(F)F)c4)nc3NC3CCC(O)CC3)CC2)cc1. The van der Waals surface area contributed by atoms with Gasteiger partial charge in [-0.1, -0.05) is 35.9 Å². The van der Waals surface area contributed by atoms with E-state index in [0.29, 0.717) is 5.92 Å². The van der Waals surface area contributed by atoms with Gasteiger partial charge in [0.25, 0.3) is 0 Å². The molecule has 208 valence electrons. The molecule has 0 bridgehead atoms. The normalized spacial score (nSPS) is 21.1. The molecule has 0 spiro atoms. The zero-order chi connectivity index (χ0) is 27.4. The second kappa shape index (κ2) is 11.9. The van der Waals surface area contributed by atoms with Gasteiger partial charge in [-0.05, 0) is 88.2 Å². The standard InChI is InChI=1S/C30H36F3N5O/c1-20-5-7-21(8-6-20)19-38-15-13-22(14-16-38)27-18-34-29(36-25-4-2-3-23(17-25)30(31,32)33)37-28(27)35-24-9-11-26(39)12-10-24/h2-8,17-18,22,24,26,39H,9-16,19H2,1H3,(H2,34,35,36,37). The number of piperidine rings is 1. The van der Waals surface area contributed by atoms with E-state index < -0.39 is 11.7 Å². The summed E-state index contributed by atoms with van der Waals surface area (Å²) < 4.78 is 39.6. The molecule has 0 atom stereocenters. The van der Waals surface area contributed by atoms with Crippen molar-refractivity contribution in [1.82, 2.24) is 14.9 Å². The average Bonchev–Trinajstić information content (AvgIpc) is 2.92. The van der Waals surface area contributed by atoms with Gasteiger partial charge in [-0.2, -0.15) is 18.2 Å². The molecule has 2 aromatic carbocycles. The minimum atomic E-state index is -4.42. The molecule has 0 unspecified atom stereocenters. The van der Waals surface area contributed by atoms with Crippen LogP contribution in [-0.2, 0) is 12.7 Å². The molecule has 39 heavy (non-hydrogen) atoms. The van der Waals surface area contributed by atoms with Crippen molar-refractivity contribution in [2.75, 3.05) is 23.7 Å². The highest BCUT2D eigenvalue weighted by Crippen LogP contribution is 2.35. The maximum absolute atomic E-state index is 13.2. The van der Waals surface area contributed by atoms with Gasteiger partial charge in [-0.25, -0.2) is 4.98 Å². The van der Waals surface area contributed by atoms with Crippen molar-refractivity contribution in [2.45, 2.75) is 76.2 Å². The molecule has 0 amide bonds. The zero-order valence-corrected chi connectivity index (χ0v) is 22.2. The Morgan fingerprint density at radius 3 is 2.38 bits per heavy atom. The van der Waals surface area contributed by atoms with Crippen molar-refractivity contribution >= 4 is 17.5 Å². The number of halogens is 3. The predicted molar refractivity (Wildman–Crippen MR) is 147 cm³/mol. The summed E-state index contributed by atoms with van der Waals surface area (Å²) in [6.45, 7) is 4.97. The van der Waals surface area contributed by atoms with Gasteiger partial charge in [-0.3, -0.25) is 4.90 Å². The Bertz CT molecular complexity index is 1230. The number of aliphatic hydroxyl groups excluding tert-OH is 1. The molecular formula is C30H36F3N5O. The summed E-state index contributed by atoms with van der Waals surface area (Å²) in [5.41, 5.74) is 3.19. The fraction of sp³-hybridized carbons (Fsp3) is 0.467. The first kappa shape index (κ1) is 27.4. The Kier molecular flexibility index (Phi) is 8.37. The lowest BCUT2D eigenvalue weighted by atomic mass is 9.89. The van der Waals surface area contributed by atoms with Crippen LogP contribution in [0.3, 0.4) is 0 Å². The van der Waals surface area contributed by atoms with E-state index in [1.165, 1.54) is 17.2 Å². The summed E-state index contributed by atoms with van der Waals surface area (Å²) in [4.78, 5) is 11.7. The van der Waals surface area contributed by atoms with Gasteiger partial charge in [0.1, 0.15) is 5.82 Å². The highest BCUT2D eigenvalue weighted by Gasteiger charge is 2.31. The van der Waals surface area contributed by atoms with E-state index in [1.807, 2.05) is 6.20 Å². The second-order valence-corrected chi connectivity index (χ2v) is 10.9. The molecule has 2 aliphatic rings. The lowest BCUT2D eigenvalue weighted by Gasteiger charge is -2.33. The third-order valence-electron chi connectivity index (χ3n) is 7.85. The average molecular weight is 540 g/mol. The molecule has 3 aromatic rings. The van der Waals surface area contributed by atoms with Gasteiger partial charge in [0, 0.05) is 30.0 Å². The first-order valence-corrected chi connectivity index (χ1v) is 13.8. The number of aliphatic hydroxyl groups is 1. The van der Waals surface area contributed by atoms with Crippen LogP contribution < -0.4 is 10.6 Å². The van der Waals surface area contributed by atoms with E-state index in [-0.39, 0.29) is 23.8 Å². The molecule has 1 saturated heterocycles. The van der Waals surface area contributed by atoms with E-state index in [1.54, 1.807) is 6.07 Å². The molecular weight excluding hydrogens is 503 g/mol. The van der Waals surface area contributed by atoms with Gasteiger partial charge >= 0.3 is 6.18 Å². The minimum Gasteiger partial charge on any atom is -0.393 e. The summed E-state index contributed by atoms with van der Waals surface area (Å²) >= 11 is 0. The molecule has 1 aliphatic heterocycles. The highest BCUT2D eigenvalue weighted by atomic mass is 19.4. The number of alkyl halides is 3. The fourth-order valence-electron chi connectivity index (χ4n) is 5.54. The molecule has 2 heterocycles. The third-order valence-corrected chi connectivity index (χ3v) is 7.85. The number of anilines is 3. The summed E-state index contributed by atoms with van der Waals surface area (Å²) in [6.07, 6.45) is 2.27. The van der Waals surface area contributed by atoms with Crippen LogP contribution in [0.4, 0.5) is 30.6 Å².